The summed E-state index contributed by atoms with van der Waals surface area (Å²) < 4.78 is 6.04. The third-order valence-electron chi connectivity index (χ3n) is 2.33. The van der Waals surface area contributed by atoms with Crippen LogP contribution in [0.3, 0.4) is 0 Å². The van der Waals surface area contributed by atoms with Gasteiger partial charge in [0.05, 0.1) is 6.54 Å². The molecule has 0 aliphatic rings. The van der Waals surface area contributed by atoms with E-state index >= 15 is 0 Å². The minimum atomic E-state index is -0.0200. The third kappa shape index (κ3) is 3.64. The van der Waals surface area contributed by atoms with Crippen molar-refractivity contribution in [3.05, 3.63) is 22.6 Å². The lowest BCUT2D eigenvalue weighted by Gasteiger charge is -2.20. The van der Waals surface area contributed by atoms with Crippen LogP contribution in [0.4, 0.5) is 0 Å². The molecule has 1 N–H and O–H groups in total. The number of furan rings is 1. The van der Waals surface area contributed by atoms with Gasteiger partial charge in [0.1, 0.15) is 5.76 Å². The van der Waals surface area contributed by atoms with Crippen molar-refractivity contribution in [1.29, 1.82) is 0 Å². The van der Waals surface area contributed by atoms with Crippen LogP contribution in [0.2, 0.25) is 0 Å². The average Bonchev–Trinajstić information content (AvgIpc) is 2.63. The number of rotatable bonds is 5. The van der Waals surface area contributed by atoms with Gasteiger partial charge in [0, 0.05) is 19.5 Å². The molecule has 0 fully saturated rings. The highest BCUT2D eigenvalue weighted by molar-refractivity contribution is 9.10. The molecule has 1 unspecified atom stereocenters. The van der Waals surface area contributed by atoms with Crippen molar-refractivity contribution in [1.82, 2.24) is 10.2 Å². The first-order chi connectivity index (χ1) is 7.54. The molecule has 1 aromatic rings. The van der Waals surface area contributed by atoms with Crippen LogP contribution in [-0.2, 0) is 11.3 Å². The molecule has 0 bridgehead atoms. The summed E-state index contributed by atoms with van der Waals surface area (Å²) >= 11 is 3.23. The van der Waals surface area contributed by atoms with Crippen molar-refractivity contribution in [2.75, 3.05) is 20.6 Å². The molecular weight excluding hydrogens is 272 g/mol. The smallest absolute Gasteiger partial charge is 0.226 e. The van der Waals surface area contributed by atoms with Gasteiger partial charge in [-0.2, -0.15) is 0 Å². The van der Waals surface area contributed by atoms with E-state index in [4.69, 9.17) is 4.42 Å². The van der Waals surface area contributed by atoms with Gasteiger partial charge >= 0.3 is 0 Å². The first-order valence-electron chi connectivity index (χ1n) is 5.18. The highest BCUT2D eigenvalue weighted by atomic mass is 79.9. The Balaban J connectivity index is 2.51. The zero-order valence-corrected chi connectivity index (χ0v) is 11.4. The molecular formula is C11H17BrN2O2. The van der Waals surface area contributed by atoms with Crippen LogP contribution >= 0.6 is 15.9 Å². The summed E-state index contributed by atoms with van der Waals surface area (Å²) in [4.78, 5) is 13.6. The number of nitrogens with zero attached hydrogens (tertiary/aromatic N) is 1. The molecule has 0 saturated carbocycles. The maximum atomic E-state index is 11.9. The SMILES string of the molecule is CNCC(C)C(=O)N(C)Cc1ccc(Br)o1. The van der Waals surface area contributed by atoms with Crippen molar-refractivity contribution in [2.45, 2.75) is 13.5 Å². The Hall–Kier alpha value is -0.810. The van der Waals surface area contributed by atoms with Crippen LogP contribution in [-0.4, -0.2) is 31.4 Å². The number of carbonyl (C=O) groups excluding carboxylic acids is 1. The van der Waals surface area contributed by atoms with Crippen LogP contribution in [0.15, 0.2) is 21.2 Å². The second kappa shape index (κ2) is 6.06. The van der Waals surface area contributed by atoms with Gasteiger partial charge in [-0.1, -0.05) is 6.92 Å². The number of halogens is 1. The maximum Gasteiger partial charge on any atom is 0.226 e. The van der Waals surface area contributed by atoms with Crippen molar-refractivity contribution in [3.63, 3.8) is 0 Å². The normalized spacial score (nSPS) is 12.5. The van der Waals surface area contributed by atoms with Crippen LogP contribution in [0, 0.1) is 5.92 Å². The Morgan fingerprint density at radius 2 is 2.31 bits per heavy atom. The number of hydrogen-bond acceptors (Lipinski definition) is 3. The Labute approximate surface area is 104 Å². The number of carbonyl (C=O) groups is 1. The monoisotopic (exact) mass is 288 g/mol. The molecule has 0 aliphatic carbocycles. The van der Waals surface area contributed by atoms with Crippen LogP contribution in [0.1, 0.15) is 12.7 Å². The largest absolute Gasteiger partial charge is 0.452 e. The molecule has 0 saturated heterocycles. The summed E-state index contributed by atoms with van der Waals surface area (Å²) in [5, 5.41) is 2.99. The van der Waals surface area contributed by atoms with Gasteiger partial charge in [-0.05, 0) is 35.1 Å². The molecule has 1 aromatic heterocycles. The lowest BCUT2D eigenvalue weighted by atomic mass is 10.1. The van der Waals surface area contributed by atoms with E-state index in [0.717, 1.165) is 5.76 Å². The summed E-state index contributed by atoms with van der Waals surface area (Å²) in [6.07, 6.45) is 0. The number of nitrogens with one attached hydrogen (secondary N) is 1. The van der Waals surface area contributed by atoms with E-state index in [1.54, 1.807) is 11.9 Å². The molecule has 1 atom stereocenters. The van der Waals surface area contributed by atoms with Crippen molar-refractivity contribution < 1.29 is 9.21 Å². The van der Waals surface area contributed by atoms with Gasteiger partial charge in [-0.3, -0.25) is 4.79 Å². The van der Waals surface area contributed by atoms with E-state index in [1.807, 2.05) is 26.1 Å². The van der Waals surface area contributed by atoms with Crippen LogP contribution < -0.4 is 5.32 Å². The van der Waals surface area contributed by atoms with E-state index < -0.39 is 0 Å². The molecule has 0 spiro atoms. The first kappa shape index (κ1) is 13.3. The molecule has 1 rings (SSSR count). The predicted molar refractivity (Wildman–Crippen MR) is 66.0 cm³/mol. The zero-order valence-electron chi connectivity index (χ0n) is 9.79. The molecule has 90 valence electrons. The Morgan fingerprint density at radius 3 is 2.81 bits per heavy atom. The van der Waals surface area contributed by atoms with E-state index in [9.17, 15) is 4.79 Å². The van der Waals surface area contributed by atoms with Crippen LogP contribution in [0.25, 0.3) is 0 Å². The lowest BCUT2D eigenvalue weighted by Crippen LogP contribution is -2.35. The highest BCUT2D eigenvalue weighted by Crippen LogP contribution is 2.15. The van der Waals surface area contributed by atoms with Gasteiger partial charge in [-0.25, -0.2) is 0 Å². The van der Waals surface area contributed by atoms with Crippen LogP contribution in [0.5, 0.6) is 0 Å². The molecule has 4 nitrogen and oxygen atoms in total. The first-order valence-corrected chi connectivity index (χ1v) is 5.97. The Bertz CT molecular complexity index is 352. The lowest BCUT2D eigenvalue weighted by molar-refractivity contribution is -0.134. The van der Waals surface area contributed by atoms with E-state index in [2.05, 4.69) is 21.2 Å². The van der Waals surface area contributed by atoms with E-state index in [1.165, 1.54) is 0 Å². The van der Waals surface area contributed by atoms with Crippen molar-refractivity contribution in [2.24, 2.45) is 5.92 Å². The zero-order chi connectivity index (χ0) is 12.1. The molecule has 1 amide bonds. The summed E-state index contributed by atoms with van der Waals surface area (Å²) in [6.45, 7) is 3.09. The quantitative estimate of drug-likeness (QED) is 0.900. The fraction of sp³-hybridized carbons (Fsp3) is 0.545. The standard InChI is InChI=1S/C11H17BrN2O2/c1-8(6-13-2)11(15)14(3)7-9-4-5-10(12)16-9/h4-5,8,13H,6-7H2,1-3H3. The van der Waals surface area contributed by atoms with Gasteiger partial charge in [-0.15, -0.1) is 0 Å². The van der Waals surface area contributed by atoms with Gasteiger partial charge in [0.2, 0.25) is 5.91 Å². The fourth-order valence-corrected chi connectivity index (χ4v) is 1.86. The Kier molecular flexibility index (Phi) is 5.02. The van der Waals surface area contributed by atoms with Gasteiger partial charge in [0.15, 0.2) is 4.67 Å². The maximum absolute atomic E-state index is 11.9. The third-order valence-corrected chi connectivity index (χ3v) is 2.76. The Morgan fingerprint density at radius 1 is 1.62 bits per heavy atom. The minimum Gasteiger partial charge on any atom is -0.452 e. The molecule has 0 radical (unpaired) electrons. The molecule has 1 heterocycles. The molecule has 0 aromatic carbocycles. The second-order valence-electron chi connectivity index (χ2n) is 3.86. The molecule has 16 heavy (non-hydrogen) atoms. The fourth-order valence-electron chi connectivity index (χ4n) is 1.52. The minimum absolute atomic E-state index is 0.0200. The van der Waals surface area contributed by atoms with E-state index in [0.29, 0.717) is 17.8 Å². The summed E-state index contributed by atoms with van der Waals surface area (Å²) in [7, 11) is 3.62. The highest BCUT2D eigenvalue weighted by Gasteiger charge is 2.17. The topological polar surface area (TPSA) is 45.5 Å². The van der Waals surface area contributed by atoms with Gasteiger partial charge < -0.3 is 14.6 Å². The average molecular weight is 289 g/mol. The summed E-state index contributed by atoms with van der Waals surface area (Å²) in [5.41, 5.74) is 0. The molecule has 0 aliphatic heterocycles. The molecule has 5 heteroatoms. The number of hydrogen-bond donors (Lipinski definition) is 1. The van der Waals surface area contributed by atoms with E-state index in [-0.39, 0.29) is 11.8 Å². The summed E-state index contributed by atoms with van der Waals surface area (Å²) in [6, 6.07) is 3.68. The predicted octanol–water partition coefficient (Wildman–Crippen LogP) is 1.86. The summed E-state index contributed by atoms with van der Waals surface area (Å²) in [5.74, 6) is 0.870. The van der Waals surface area contributed by atoms with Crippen molar-refractivity contribution >= 4 is 21.8 Å². The number of amides is 1. The van der Waals surface area contributed by atoms with Crippen molar-refractivity contribution in [3.8, 4) is 0 Å². The van der Waals surface area contributed by atoms with Gasteiger partial charge in [0.25, 0.3) is 0 Å². The second-order valence-corrected chi connectivity index (χ2v) is 4.64.